The number of carbonyl (C=O) groups excluding carboxylic acids is 1. The molecule has 3 rings (SSSR count). The summed E-state index contributed by atoms with van der Waals surface area (Å²) in [5, 5.41) is 0.621. The molecular formula is C20H19ClN2OSi. The molecule has 3 nitrogen and oxygen atoms in total. The van der Waals surface area contributed by atoms with E-state index in [2.05, 4.69) is 29.6 Å². The van der Waals surface area contributed by atoms with Gasteiger partial charge < -0.3 is 4.90 Å². The molecule has 0 unspecified atom stereocenters. The van der Waals surface area contributed by atoms with E-state index < -0.39 is 8.80 Å². The van der Waals surface area contributed by atoms with Crippen molar-refractivity contribution in [2.45, 2.75) is 13.1 Å². The van der Waals surface area contributed by atoms with Gasteiger partial charge >= 0.3 is 0 Å². The summed E-state index contributed by atoms with van der Waals surface area (Å²) < 4.78 is 0. The summed E-state index contributed by atoms with van der Waals surface area (Å²) in [4.78, 5) is 18.5. The molecule has 2 aromatic rings. The van der Waals surface area contributed by atoms with Gasteiger partial charge in [-0.2, -0.15) is 0 Å². The number of benzene rings is 2. The Morgan fingerprint density at radius 2 is 1.92 bits per heavy atom. The number of hydrogen-bond donors (Lipinski definition) is 0. The largest absolute Gasteiger partial charge is 0.313 e. The number of halogens is 1. The SMILES string of the molecule is CN1C(=O)CN=C(c2ccccc2Cl)c2cc(C#C[SiH](C)C)ccc21. The molecule has 0 fully saturated rings. The van der Waals surface area contributed by atoms with Crippen molar-refractivity contribution in [1.82, 2.24) is 0 Å². The predicted molar refractivity (Wildman–Crippen MR) is 108 cm³/mol. The lowest BCUT2D eigenvalue weighted by Gasteiger charge is -2.18. The third-order valence-electron chi connectivity index (χ3n) is 3.99. The Balaban J connectivity index is 2.20. The summed E-state index contributed by atoms with van der Waals surface area (Å²) >= 11 is 6.39. The number of fused-ring (bicyclic) bond motifs is 1. The molecule has 0 saturated heterocycles. The molecule has 1 amide bonds. The van der Waals surface area contributed by atoms with Gasteiger partial charge in [0.1, 0.15) is 15.3 Å². The van der Waals surface area contributed by atoms with Gasteiger partial charge in [0.25, 0.3) is 0 Å². The van der Waals surface area contributed by atoms with Crippen molar-refractivity contribution in [2.24, 2.45) is 4.99 Å². The van der Waals surface area contributed by atoms with Crippen molar-refractivity contribution < 1.29 is 4.79 Å². The number of aliphatic imine (C=N–C) groups is 1. The fraction of sp³-hybridized carbons (Fsp3) is 0.200. The van der Waals surface area contributed by atoms with E-state index >= 15 is 0 Å². The monoisotopic (exact) mass is 366 g/mol. The van der Waals surface area contributed by atoms with Gasteiger partial charge in [-0.1, -0.05) is 48.8 Å². The van der Waals surface area contributed by atoms with E-state index in [4.69, 9.17) is 11.6 Å². The molecule has 0 atom stereocenters. The highest BCUT2D eigenvalue weighted by atomic mass is 35.5. The molecular weight excluding hydrogens is 348 g/mol. The zero-order valence-electron chi connectivity index (χ0n) is 14.5. The molecule has 5 heteroatoms. The van der Waals surface area contributed by atoms with Crippen LogP contribution in [0.4, 0.5) is 5.69 Å². The zero-order valence-corrected chi connectivity index (χ0v) is 16.4. The minimum absolute atomic E-state index is 0.0447. The zero-order chi connectivity index (χ0) is 18.0. The van der Waals surface area contributed by atoms with Gasteiger partial charge in [-0.15, -0.1) is 5.54 Å². The highest BCUT2D eigenvalue weighted by molar-refractivity contribution is 6.64. The van der Waals surface area contributed by atoms with Crippen molar-refractivity contribution in [3.63, 3.8) is 0 Å². The van der Waals surface area contributed by atoms with E-state index in [0.717, 1.165) is 28.1 Å². The molecule has 0 N–H and O–H groups in total. The van der Waals surface area contributed by atoms with Gasteiger partial charge in [0.05, 0.1) is 11.4 Å². The molecule has 25 heavy (non-hydrogen) atoms. The van der Waals surface area contributed by atoms with Crippen LogP contribution in [0.25, 0.3) is 0 Å². The number of rotatable bonds is 1. The molecule has 126 valence electrons. The summed E-state index contributed by atoms with van der Waals surface area (Å²) in [5.41, 5.74) is 7.53. The van der Waals surface area contributed by atoms with Crippen molar-refractivity contribution in [3.8, 4) is 11.5 Å². The third-order valence-corrected chi connectivity index (χ3v) is 5.04. The number of amides is 1. The molecule has 1 heterocycles. The van der Waals surface area contributed by atoms with Crippen molar-refractivity contribution in [3.05, 3.63) is 64.2 Å². The van der Waals surface area contributed by atoms with Gasteiger partial charge in [-0.25, -0.2) is 0 Å². The van der Waals surface area contributed by atoms with E-state index in [1.807, 2.05) is 42.5 Å². The highest BCUT2D eigenvalue weighted by Crippen LogP contribution is 2.29. The maximum Gasteiger partial charge on any atom is 0.248 e. The lowest BCUT2D eigenvalue weighted by atomic mass is 9.98. The average molecular weight is 367 g/mol. The highest BCUT2D eigenvalue weighted by Gasteiger charge is 2.23. The molecule has 0 radical (unpaired) electrons. The van der Waals surface area contributed by atoms with Crippen LogP contribution in [0, 0.1) is 11.5 Å². The van der Waals surface area contributed by atoms with Crippen LogP contribution in [0.15, 0.2) is 47.5 Å². The van der Waals surface area contributed by atoms with Gasteiger partial charge in [0.2, 0.25) is 5.91 Å². The molecule has 1 aliphatic rings. The van der Waals surface area contributed by atoms with Crippen molar-refractivity contribution in [2.75, 3.05) is 18.5 Å². The second-order valence-corrected chi connectivity index (χ2v) is 9.26. The number of benzodiazepines with no additional fused rings is 1. The van der Waals surface area contributed by atoms with Gasteiger partial charge in [0, 0.05) is 28.8 Å². The van der Waals surface area contributed by atoms with Gasteiger partial charge in [-0.3, -0.25) is 9.79 Å². The van der Waals surface area contributed by atoms with Crippen LogP contribution in [-0.4, -0.2) is 34.0 Å². The first-order chi connectivity index (χ1) is 12.0. The fourth-order valence-electron chi connectivity index (χ4n) is 2.68. The lowest BCUT2D eigenvalue weighted by Crippen LogP contribution is -2.27. The normalized spacial score (nSPS) is 13.7. The minimum Gasteiger partial charge on any atom is -0.313 e. The maximum atomic E-state index is 12.3. The smallest absolute Gasteiger partial charge is 0.248 e. The Bertz CT molecular complexity index is 925. The maximum absolute atomic E-state index is 12.3. The first-order valence-electron chi connectivity index (χ1n) is 8.19. The minimum atomic E-state index is -0.962. The number of likely N-dealkylation sites (N-methyl/N-ethyl adjacent to an activating group) is 1. The number of hydrogen-bond acceptors (Lipinski definition) is 2. The summed E-state index contributed by atoms with van der Waals surface area (Å²) in [6, 6.07) is 13.5. The number of carbonyl (C=O) groups is 1. The number of anilines is 1. The van der Waals surface area contributed by atoms with E-state index in [9.17, 15) is 4.79 Å². The summed E-state index contributed by atoms with van der Waals surface area (Å²) in [6.07, 6.45) is 0. The van der Waals surface area contributed by atoms with Gasteiger partial charge in [0.15, 0.2) is 0 Å². The summed E-state index contributed by atoms with van der Waals surface area (Å²) in [7, 11) is 0.814. The molecule has 0 aromatic heterocycles. The molecule has 2 aromatic carbocycles. The van der Waals surface area contributed by atoms with Crippen LogP contribution < -0.4 is 4.90 Å². The van der Waals surface area contributed by atoms with Crippen LogP contribution in [0.5, 0.6) is 0 Å². The quantitative estimate of drug-likeness (QED) is 0.561. The predicted octanol–water partition coefficient (Wildman–Crippen LogP) is 3.53. The Morgan fingerprint density at radius 3 is 2.64 bits per heavy atom. The van der Waals surface area contributed by atoms with Crippen LogP contribution in [0.2, 0.25) is 18.1 Å². The first kappa shape index (κ1) is 17.5. The van der Waals surface area contributed by atoms with Crippen LogP contribution in [-0.2, 0) is 4.79 Å². The van der Waals surface area contributed by atoms with Crippen LogP contribution >= 0.6 is 11.6 Å². The standard InChI is InChI=1S/C20H19ClN2OSi/c1-23-18-9-8-14(10-11-25(2)3)12-16(18)20(22-13-19(23)24)15-6-4-5-7-17(15)21/h4-9,12,25H,13H2,1-3H3. The Morgan fingerprint density at radius 1 is 1.16 bits per heavy atom. The Labute approximate surface area is 154 Å². The topological polar surface area (TPSA) is 32.7 Å². The lowest BCUT2D eigenvalue weighted by molar-refractivity contribution is -0.116. The van der Waals surface area contributed by atoms with E-state index in [0.29, 0.717) is 5.02 Å². The van der Waals surface area contributed by atoms with Crippen molar-refractivity contribution in [1.29, 1.82) is 0 Å². The average Bonchev–Trinajstić information content (AvgIpc) is 2.71. The van der Waals surface area contributed by atoms with Crippen LogP contribution in [0.1, 0.15) is 16.7 Å². The van der Waals surface area contributed by atoms with Crippen molar-refractivity contribution >= 4 is 37.7 Å². The van der Waals surface area contributed by atoms with Gasteiger partial charge in [-0.05, 0) is 24.3 Å². The second-order valence-electron chi connectivity index (χ2n) is 6.25. The first-order valence-corrected chi connectivity index (χ1v) is 11.5. The number of nitrogens with zero attached hydrogens (tertiary/aromatic N) is 2. The van der Waals surface area contributed by atoms with E-state index in [-0.39, 0.29) is 12.5 Å². The Kier molecular flexibility index (Phi) is 5.07. The summed E-state index contributed by atoms with van der Waals surface area (Å²) in [5.74, 6) is 3.20. The molecule has 0 saturated carbocycles. The molecule has 0 spiro atoms. The molecule has 0 aliphatic carbocycles. The van der Waals surface area contributed by atoms with Crippen LogP contribution in [0.3, 0.4) is 0 Å². The Hall–Kier alpha value is -2.35. The van der Waals surface area contributed by atoms with E-state index in [1.54, 1.807) is 11.9 Å². The molecule has 1 aliphatic heterocycles. The van der Waals surface area contributed by atoms with E-state index in [1.165, 1.54) is 0 Å². The molecule has 0 bridgehead atoms. The fourth-order valence-corrected chi connectivity index (χ4v) is 3.36. The second kappa shape index (κ2) is 7.26. The third kappa shape index (κ3) is 3.68. The summed E-state index contributed by atoms with van der Waals surface area (Å²) in [6.45, 7) is 4.49.